The van der Waals surface area contributed by atoms with Crippen LogP contribution < -0.4 is 20.1 Å². The van der Waals surface area contributed by atoms with Crippen molar-refractivity contribution in [1.29, 1.82) is 0 Å². The number of halogens is 1. The first-order valence-corrected chi connectivity index (χ1v) is 9.46. The van der Waals surface area contributed by atoms with Gasteiger partial charge in [0, 0.05) is 11.6 Å². The van der Waals surface area contributed by atoms with Gasteiger partial charge >= 0.3 is 0 Å². The Hall–Kier alpha value is -2.47. The molecule has 0 aliphatic carbocycles. The number of nitrogens with zero attached hydrogens (tertiary/aromatic N) is 2. The van der Waals surface area contributed by atoms with Crippen LogP contribution in [0.2, 0.25) is 5.02 Å². The van der Waals surface area contributed by atoms with E-state index in [4.69, 9.17) is 26.8 Å². The molecule has 0 spiro atoms. The summed E-state index contributed by atoms with van der Waals surface area (Å²) in [6.45, 7) is 5.04. The number of benzene rings is 1. The third-order valence-electron chi connectivity index (χ3n) is 4.34. The molecule has 1 aromatic heterocycles. The molecule has 0 saturated carbocycles. The summed E-state index contributed by atoms with van der Waals surface area (Å²) in [7, 11) is 0. The van der Waals surface area contributed by atoms with E-state index in [1.807, 2.05) is 26.0 Å². The van der Waals surface area contributed by atoms with E-state index in [2.05, 4.69) is 4.98 Å². The number of aromatic nitrogens is 1. The van der Waals surface area contributed by atoms with Crippen molar-refractivity contribution in [2.24, 2.45) is 5.92 Å². The Morgan fingerprint density at radius 1 is 1.22 bits per heavy atom. The molecule has 2 N–H and O–H groups in total. The number of rotatable bonds is 7. The van der Waals surface area contributed by atoms with Crippen LogP contribution in [0.25, 0.3) is 0 Å². The minimum Gasteiger partial charge on any atom is -0.494 e. The third-order valence-corrected chi connectivity index (χ3v) is 4.60. The lowest BCUT2D eigenvalue weighted by Gasteiger charge is -2.35. The van der Waals surface area contributed by atoms with Crippen LogP contribution in [0.3, 0.4) is 0 Å². The molecule has 0 radical (unpaired) electrons. The summed E-state index contributed by atoms with van der Waals surface area (Å²) in [6.07, 6.45) is 1.07. The second-order valence-electron chi connectivity index (χ2n) is 6.84. The molecule has 0 saturated heterocycles. The van der Waals surface area contributed by atoms with Crippen LogP contribution in [0.5, 0.6) is 11.5 Å². The molecule has 3 rings (SSSR count). The maximum Gasteiger partial charge on any atom is 0.269 e. The zero-order chi connectivity index (χ0) is 19.4. The fraction of sp³-hybridized carbons (Fsp3) is 0.400. The summed E-state index contributed by atoms with van der Waals surface area (Å²) >= 11 is 5.86. The summed E-state index contributed by atoms with van der Waals surface area (Å²) in [5, 5.41) is 0.679. The zero-order valence-corrected chi connectivity index (χ0v) is 16.3. The topological polar surface area (TPSA) is 77.7 Å². The highest BCUT2D eigenvalue weighted by molar-refractivity contribution is 6.30. The zero-order valence-electron chi connectivity index (χ0n) is 15.5. The average molecular weight is 390 g/mol. The highest BCUT2D eigenvalue weighted by atomic mass is 35.5. The first-order chi connectivity index (χ1) is 13.0. The van der Waals surface area contributed by atoms with Gasteiger partial charge < -0.3 is 15.2 Å². The number of nitrogens with two attached hydrogens (primary N) is 1. The van der Waals surface area contributed by atoms with Gasteiger partial charge in [-0.2, -0.15) is 0 Å². The average Bonchev–Trinajstić information content (AvgIpc) is 2.64. The number of hydrogen-bond donors (Lipinski definition) is 1. The van der Waals surface area contributed by atoms with E-state index in [0.29, 0.717) is 35.6 Å². The van der Waals surface area contributed by atoms with Crippen LogP contribution in [0.15, 0.2) is 36.4 Å². The molecule has 1 aliphatic rings. The number of anilines is 2. The van der Waals surface area contributed by atoms with Crippen LogP contribution in [0.1, 0.15) is 26.7 Å². The molecular weight excluding hydrogens is 366 g/mol. The van der Waals surface area contributed by atoms with Gasteiger partial charge in [0.2, 0.25) is 0 Å². The van der Waals surface area contributed by atoms with Gasteiger partial charge in [-0.1, -0.05) is 25.4 Å². The van der Waals surface area contributed by atoms with Crippen LogP contribution >= 0.6 is 11.6 Å². The first kappa shape index (κ1) is 19.3. The lowest BCUT2D eigenvalue weighted by molar-refractivity contribution is -0.128. The number of unbranched alkanes of at least 4 members (excludes halogenated alkanes) is 1. The quantitative estimate of drug-likeness (QED) is 0.726. The van der Waals surface area contributed by atoms with E-state index in [1.165, 1.54) is 0 Å². The molecule has 0 bridgehead atoms. The summed E-state index contributed by atoms with van der Waals surface area (Å²) in [6, 6.07) is 10.7. The molecule has 2 aromatic rings. The number of carbonyl (C=O) groups excluding carboxylic acids is 1. The Bertz CT molecular complexity index is 796. The van der Waals surface area contributed by atoms with Crippen LogP contribution in [-0.4, -0.2) is 30.1 Å². The molecule has 1 atom stereocenters. The van der Waals surface area contributed by atoms with Gasteiger partial charge in [0.1, 0.15) is 11.6 Å². The molecule has 27 heavy (non-hydrogen) atoms. The summed E-state index contributed by atoms with van der Waals surface area (Å²) in [4.78, 5) is 18.8. The van der Waals surface area contributed by atoms with Gasteiger partial charge in [-0.05, 0) is 55.2 Å². The number of nitrogen functional groups attached to an aromatic ring is 1. The molecule has 1 aromatic carbocycles. The third kappa shape index (κ3) is 4.63. The van der Waals surface area contributed by atoms with Crippen molar-refractivity contribution in [1.82, 2.24) is 4.98 Å². The lowest BCUT2D eigenvalue weighted by atomic mass is 10.0. The minimum absolute atomic E-state index is 0.0685. The predicted octanol–water partition coefficient (Wildman–Crippen LogP) is 3.93. The molecular formula is C20H24ClN3O3. The van der Waals surface area contributed by atoms with Gasteiger partial charge in [-0.25, -0.2) is 4.98 Å². The number of pyridine rings is 1. The van der Waals surface area contributed by atoms with Crippen molar-refractivity contribution in [3.05, 3.63) is 41.4 Å². The van der Waals surface area contributed by atoms with E-state index >= 15 is 0 Å². The number of fused-ring (bicyclic) bond motifs is 1. The van der Waals surface area contributed by atoms with Crippen LogP contribution in [0.4, 0.5) is 11.6 Å². The van der Waals surface area contributed by atoms with E-state index < -0.39 is 6.10 Å². The Morgan fingerprint density at radius 3 is 2.67 bits per heavy atom. The number of carbonyl (C=O) groups is 1. The van der Waals surface area contributed by atoms with Gasteiger partial charge in [0.25, 0.3) is 5.91 Å². The summed E-state index contributed by atoms with van der Waals surface area (Å²) in [5.41, 5.74) is 5.80. The van der Waals surface area contributed by atoms with E-state index in [9.17, 15) is 4.79 Å². The fourth-order valence-electron chi connectivity index (χ4n) is 2.91. The molecule has 1 amide bonds. The van der Waals surface area contributed by atoms with E-state index in [1.54, 1.807) is 29.2 Å². The number of hydrogen-bond acceptors (Lipinski definition) is 5. The highest BCUT2D eigenvalue weighted by Gasteiger charge is 2.37. The van der Waals surface area contributed by atoms with E-state index in [0.717, 1.165) is 18.6 Å². The molecule has 144 valence electrons. The van der Waals surface area contributed by atoms with Gasteiger partial charge in [0.15, 0.2) is 17.7 Å². The van der Waals surface area contributed by atoms with Crippen LogP contribution in [-0.2, 0) is 4.79 Å². The van der Waals surface area contributed by atoms with Gasteiger partial charge in [-0.3, -0.25) is 9.69 Å². The molecule has 6 nitrogen and oxygen atoms in total. The second-order valence-corrected chi connectivity index (χ2v) is 7.28. The van der Waals surface area contributed by atoms with Crippen molar-refractivity contribution in [3.63, 3.8) is 0 Å². The Kier molecular flexibility index (Phi) is 6.06. The first-order valence-electron chi connectivity index (χ1n) is 9.08. The fourth-order valence-corrected chi connectivity index (χ4v) is 3.04. The minimum atomic E-state index is -0.506. The molecule has 2 heterocycles. The maximum atomic E-state index is 12.8. The molecule has 7 heteroatoms. The lowest BCUT2D eigenvalue weighted by Crippen LogP contribution is -2.49. The largest absolute Gasteiger partial charge is 0.494 e. The second kappa shape index (κ2) is 8.48. The Balaban J connectivity index is 1.60. The number of amides is 1. The van der Waals surface area contributed by atoms with Crippen molar-refractivity contribution in [2.75, 3.05) is 23.8 Å². The van der Waals surface area contributed by atoms with Gasteiger partial charge in [0.05, 0.1) is 6.61 Å². The van der Waals surface area contributed by atoms with E-state index in [-0.39, 0.29) is 11.8 Å². The Labute approximate surface area is 164 Å². The van der Waals surface area contributed by atoms with Crippen molar-refractivity contribution >= 4 is 29.1 Å². The standard InChI is InChI=1S/C20H24ClN3O3/c1-13(2)18-20(25)24(19-16(27-18)9-10-17(22)23-19)11-3-4-12-26-15-7-5-14(21)6-8-15/h5-10,13,18H,3-4,11-12H2,1-2H3,(H2,22,23). The normalized spacial score (nSPS) is 16.2. The van der Waals surface area contributed by atoms with Crippen molar-refractivity contribution in [3.8, 4) is 11.5 Å². The van der Waals surface area contributed by atoms with Crippen molar-refractivity contribution < 1.29 is 14.3 Å². The van der Waals surface area contributed by atoms with Crippen molar-refractivity contribution in [2.45, 2.75) is 32.8 Å². The SMILES string of the molecule is CC(C)C1Oc2ccc(N)nc2N(CCCCOc2ccc(Cl)cc2)C1=O. The smallest absolute Gasteiger partial charge is 0.269 e. The molecule has 1 aliphatic heterocycles. The highest BCUT2D eigenvalue weighted by Crippen LogP contribution is 2.34. The van der Waals surface area contributed by atoms with Crippen LogP contribution in [0, 0.1) is 5.92 Å². The summed E-state index contributed by atoms with van der Waals surface area (Å²) in [5.74, 6) is 2.23. The summed E-state index contributed by atoms with van der Waals surface area (Å²) < 4.78 is 11.5. The van der Waals surface area contributed by atoms with Gasteiger partial charge in [-0.15, -0.1) is 0 Å². The molecule has 1 unspecified atom stereocenters. The number of ether oxygens (including phenoxy) is 2. The predicted molar refractivity (Wildman–Crippen MR) is 106 cm³/mol. The maximum absolute atomic E-state index is 12.8. The Morgan fingerprint density at radius 2 is 1.96 bits per heavy atom. The molecule has 0 fully saturated rings. The monoisotopic (exact) mass is 389 g/mol.